The van der Waals surface area contributed by atoms with Crippen LogP contribution >= 0.6 is 0 Å². The molecule has 19 heavy (non-hydrogen) atoms. The van der Waals surface area contributed by atoms with Crippen molar-refractivity contribution >= 4 is 22.8 Å². The quantitative estimate of drug-likeness (QED) is 0.839. The van der Waals surface area contributed by atoms with Crippen LogP contribution in [0.5, 0.6) is 0 Å². The van der Waals surface area contributed by atoms with Gasteiger partial charge in [-0.25, -0.2) is 0 Å². The number of aromatic nitrogens is 1. The monoisotopic (exact) mass is 259 g/mol. The molecule has 2 unspecified atom stereocenters. The number of benzene rings is 1. The predicted octanol–water partition coefficient (Wildman–Crippen LogP) is 3.42. The second-order valence-electron chi connectivity index (χ2n) is 5.73. The van der Waals surface area contributed by atoms with Gasteiger partial charge in [-0.15, -0.1) is 0 Å². The van der Waals surface area contributed by atoms with Crippen molar-refractivity contribution in [1.29, 1.82) is 0 Å². The lowest BCUT2D eigenvalue weighted by atomic mass is 9.86. The van der Waals surface area contributed by atoms with E-state index in [1.165, 1.54) is 25.7 Å². The van der Waals surface area contributed by atoms with Crippen LogP contribution in [0.1, 0.15) is 32.6 Å². The molecule has 0 radical (unpaired) electrons. The number of oxazole rings is 1. The Balaban J connectivity index is 1.88. The van der Waals surface area contributed by atoms with Gasteiger partial charge in [0.1, 0.15) is 5.52 Å². The zero-order chi connectivity index (χ0) is 13.4. The van der Waals surface area contributed by atoms with Gasteiger partial charge in [-0.2, -0.15) is 4.98 Å². The van der Waals surface area contributed by atoms with Gasteiger partial charge in [0.05, 0.1) is 5.69 Å². The first kappa shape index (κ1) is 12.3. The van der Waals surface area contributed by atoms with Crippen LogP contribution in [0.15, 0.2) is 22.6 Å². The number of nitrogens with two attached hydrogens (primary N) is 1. The average molecular weight is 259 g/mol. The number of fused-ring (bicyclic) bond motifs is 1. The fourth-order valence-electron chi connectivity index (χ4n) is 3.02. The molecule has 2 atom stereocenters. The van der Waals surface area contributed by atoms with Crippen molar-refractivity contribution in [3.05, 3.63) is 18.2 Å². The van der Waals surface area contributed by atoms with Crippen molar-refractivity contribution in [3.63, 3.8) is 0 Å². The van der Waals surface area contributed by atoms with Gasteiger partial charge in [0.15, 0.2) is 5.58 Å². The van der Waals surface area contributed by atoms with E-state index in [2.05, 4.69) is 23.9 Å². The maximum absolute atomic E-state index is 5.93. The minimum absolute atomic E-state index is 0.526. The number of rotatable bonds is 2. The molecule has 0 amide bonds. The highest BCUT2D eigenvalue weighted by Gasteiger charge is 2.25. The lowest BCUT2D eigenvalue weighted by Crippen LogP contribution is -2.35. The number of hydrogen-bond acceptors (Lipinski definition) is 4. The molecule has 4 nitrogen and oxygen atoms in total. The van der Waals surface area contributed by atoms with Gasteiger partial charge in [-0.3, -0.25) is 0 Å². The molecule has 0 aliphatic heterocycles. The molecule has 0 bridgehead atoms. The molecule has 1 aliphatic carbocycles. The highest BCUT2D eigenvalue weighted by Crippen LogP contribution is 2.31. The zero-order valence-electron chi connectivity index (χ0n) is 11.6. The minimum Gasteiger partial charge on any atom is -0.423 e. The molecule has 1 aromatic heterocycles. The predicted molar refractivity (Wildman–Crippen MR) is 78.2 cm³/mol. The molecule has 1 saturated carbocycles. The van der Waals surface area contributed by atoms with Crippen LogP contribution in [0.4, 0.5) is 11.7 Å². The number of hydrogen-bond donors (Lipinski definition) is 1. The van der Waals surface area contributed by atoms with Gasteiger partial charge < -0.3 is 15.1 Å². The van der Waals surface area contributed by atoms with Crippen molar-refractivity contribution in [2.45, 2.75) is 38.6 Å². The first-order chi connectivity index (χ1) is 9.15. The molecule has 2 N–H and O–H groups in total. The summed E-state index contributed by atoms with van der Waals surface area (Å²) in [6.45, 7) is 2.32. The van der Waals surface area contributed by atoms with E-state index in [-0.39, 0.29) is 0 Å². The Hall–Kier alpha value is -1.71. The van der Waals surface area contributed by atoms with E-state index >= 15 is 0 Å². The van der Waals surface area contributed by atoms with Crippen LogP contribution in [0, 0.1) is 5.92 Å². The van der Waals surface area contributed by atoms with Gasteiger partial charge >= 0.3 is 0 Å². The summed E-state index contributed by atoms with van der Waals surface area (Å²) in [4.78, 5) is 6.72. The molecule has 3 rings (SSSR count). The van der Waals surface area contributed by atoms with Gasteiger partial charge in [-0.1, -0.05) is 25.8 Å². The standard InChI is InChI=1S/C15H21N3O/c1-10-5-3-6-11(9-10)18(2)15-17-14-12(16)7-4-8-13(14)19-15/h4,7-8,10-11H,3,5-6,9,16H2,1-2H3. The summed E-state index contributed by atoms with van der Waals surface area (Å²) in [7, 11) is 2.07. The third-order valence-electron chi connectivity index (χ3n) is 4.20. The lowest BCUT2D eigenvalue weighted by Gasteiger charge is -2.33. The first-order valence-corrected chi connectivity index (χ1v) is 7.03. The molecule has 102 valence electrons. The van der Waals surface area contributed by atoms with Crippen molar-refractivity contribution in [3.8, 4) is 0 Å². The van der Waals surface area contributed by atoms with E-state index in [9.17, 15) is 0 Å². The molecule has 2 aromatic rings. The third-order valence-corrected chi connectivity index (χ3v) is 4.20. The number of nitrogen functional groups attached to an aromatic ring is 1. The third kappa shape index (κ3) is 2.27. The summed E-state index contributed by atoms with van der Waals surface area (Å²) in [6.07, 6.45) is 5.06. The Kier molecular flexibility index (Phi) is 3.09. The number of nitrogens with zero attached hydrogens (tertiary/aromatic N) is 2. The summed E-state index contributed by atoms with van der Waals surface area (Å²) in [6, 6.07) is 6.89. The van der Waals surface area contributed by atoms with Crippen LogP contribution < -0.4 is 10.6 Å². The van der Waals surface area contributed by atoms with Crippen LogP contribution in [0.3, 0.4) is 0 Å². The molecule has 1 aromatic carbocycles. The summed E-state index contributed by atoms with van der Waals surface area (Å²) in [5, 5.41) is 0. The molecule has 4 heteroatoms. The summed E-state index contributed by atoms with van der Waals surface area (Å²) in [5.41, 5.74) is 8.15. The molecule has 1 fully saturated rings. The molecule has 0 saturated heterocycles. The van der Waals surface area contributed by atoms with Gasteiger partial charge in [0.2, 0.25) is 0 Å². The molecule has 1 heterocycles. The molecule has 0 spiro atoms. The highest BCUT2D eigenvalue weighted by atomic mass is 16.4. The number of para-hydroxylation sites is 1. The molecular weight excluding hydrogens is 238 g/mol. The summed E-state index contributed by atoms with van der Waals surface area (Å²) >= 11 is 0. The smallest absolute Gasteiger partial charge is 0.298 e. The molecular formula is C15H21N3O. The Morgan fingerprint density at radius 3 is 2.95 bits per heavy atom. The Bertz CT molecular complexity index is 578. The summed E-state index contributed by atoms with van der Waals surface area (Å²) in [5.74, 6) is 0.788. The van der Waals surface area contributed by atoms with E-state index < -0.39 is 0 Å². The first-order valence-electron chi connectivity index (χ1n) is 7.03. The van der Waals surface area contributed by atoms with Gasteiger partial charge in [0, 0.05) is 13.1 Å². The van der Waals surface area contributed by atoms with E-state index in [1.807, 2.05) is 18.2 Å². The maximum atomic E-state index is 5.93. The number of anilines is 2. The second kappa shape index (κ2) is 4.76. The maximum Gasteiger partial charge on any atom is 0.298 e. The van der Waals surface area contributed by atoms with Crippen molar-refractivity contribution < 1.29 is 4.42 Å². The fraction of sp³-hybridized carbons (Fsp3) is 0.533. The Morgan fingerprint density at radius 1 is 1.37 bits per heavy atom. The molecule has 1 aliphatic rings. The SMILES string of the molecule is CC1CCCC(N(C)c2nc3c(N)cccc3o2)C1. The Morgan fingerprint density at radius 2 is 2.21 bits per heavy atom. The summed E-state index contributed by atoms with van der Waals surface area (Å²) < 4.78 is 5.83. The van der Waals surface area contributed by atoms with Crippen molar-refractivity contribution in [2.75, 3.05) is 17.7 Å². The van der Waals surface area contributed by atoms with Crippen LogP contribution in [-0.2, 0) is 0 Å². The lowest BCUT2D eigenvalue weighted by molar-refractivity contribution is 0.328. The van der Waals surface area contributed by atoms with E-state index in [1.54, 1.807) is 0 Å². The van der Waals surface area contributed by atoms with Crippen LogP contribution in [-0.4, -0.2) is 18.1 Å². The normalized spacial score (nSPS) is 23.7. The van der Waals surface area contributed by atoms with E-state index in [0.29, 0.717) is 17.7 Å². The largest absolute Gasteiger partial charge is 0.423 e. The second-order valence-corrected chi connectivity index (χ2v) is 5.73. The van der Waals surface area contributed by atoms with Gasteiger partial charge in [0.25, 0.3) is 6.01 Å². The van der Waals surface area contributed by atoms with Crippen molar-refractivity contribution in [2.24, 2.45) is 5.92 Å². The van der Waals surface area contributed by atoms with Crippen molar-refractivity contribution in [1.82, 2.24) is 4.98 Å². The Labute approximate surface area is 113 Å². The minimum atomic E-state index is 0.526. The fourth-order valence-corrected chi connectivity index (χ4v) is 3.02. The van der Waals surface area contributed by atoms with E-state index in [0.717, 1.165) is 17.0 Å². The van der Waals surface area contributed by atoms with Crippen LogP contribution in [0.2, 0.25) is 0 Å². The average Bonchev–Trinajstić information content (AvgIpc) is 2.83. The van der Waals surface area contributed by atoms with E-state index in [4.69, 9.17) is 10.2 Å². The zero-order valence-corrected chi connectivity index (χ0v) is 11.6. The highest BCUT2D eigenvalue weighted by molar-refractivity contribution is 5.86. The topological polar surface area (TPSA) is 55.3 Å². The van der Waals surface area contributed by atoms with Gasteiger partial charge in [-0.05, 0) is 30.9 Å². The van der Waals surface area contributed by atoms with Crippen LogP contribution in [0.25, 0.3) is 11.1 Å².